The first kappa shape index (κ1) is 18.4. The van der Waals surface area contributed by atoms with E-state index < -0.39 is 0 Å². The molecule has 1 heterocycles. The van der Waals surface area contributed by atoms with Gasteiger partial charge in [-0.1, -0.05) is 30.3 Å². The van der Waals surface area contributed by atoms with Crippen molar-refractivity contribution in [3.63, 3.8) is 0 Å². The minimum Gasteiger partial charge on any atom is -0.381 e. The standard InChI is InChI=1S/C18H27N3O3/c19-17(22)15-20-9-11-21(12-10-20)18(23)7-4-13-24-14-8-16-5-2-1-3-6-16/h1-3,5-6H,4,7-15H2,(H2,19,22). The maximum atomic E-state index is 12.1. The average Bonchev–Trinajstić information content (AvgIpc) is 2.59. The monoisotopic (exact) mass is 333 g/mol. The molecule has 1 aliphatic rings. The summed E-state index contributed by atoms with van der Waals surface area (Å²) in [5.41, 5.74) is 6.45. The number of nitrogens with zero attached hydrogens (tertiary/aromatic N) is 2. The van der Waals surface area contributed by atoms with Crippen LogP contribution in [-0.2, 0) is 20.7 Å². The zero-order chi connectivity index (χ0) is 17.2. The number of benzene rings is 1. The molecular weight excluding hydrogens is 306 g/mol. The lowest BCUT2D eigenvalue weighted by Gasteiger charge is -2.34. The van der Waals surface area contributed by atoms with Crippen LogP contribution < -0.4 is 5.73 Å². The molecule has 1 aliphatic heterocycles. The average molecular weight is 333 g/mol. The van der Waals surface area contributed by atoms with Gasteiger partial charge in [0.15, 0.2) is 0 Å². The van der Waals surface area contributed by atoms with Gasteiger partial charge in [-0.15, -0.1) is 0 Å². The van der Waals surface area contributed by atoms with Crippen LogP contribution in [0.25, 0.3) is 0 Å². The van der Waals surface area contributed by atoms with Gasteiger partial charge in [0.05, 0.1) is 13.2 Å². The van der Waals surface area contributed by atoms with Crippen molar-refractivity contribution in [2.24, 2.45) is 5.73 Å². The number of nitrogens with two attached hydrogens (primary N) is 1. The van der Waals surface area contributed by atoms with Crippen LogP contribution in [-0.4, -0.2) is 67.6 Å². The van der Waals surface area contributed by atoms with Gasteiger partial charge in [0, 0.05) is 39.2 Å². The number of amides is 2. The highest BCUT2D eigenvalue weighted by atomic mass is 16.5. The SMILES string of the molecule is NC(=O)CN1CCN(C(=O)CCCOCCc2ccccc2)CC1. The molecule has 0 bridgehead atoms. The van der Waals surface area contributed by atoms with Crippen LogP contribution in [0.1, 0.15) is 18.4 Å². The van der Waals surface area contributed by atoms with E-state index in [1.54, 1.807) is 0 Å². The summed E-state index contributed by atoms with van der Waals surface area (Å²) in [6.07, 6.45) is 2.16. The minimum atomic E-state index is -0.317. The van der Waals surface area contributed by atoms with Gasteiger partial charge in [-0.25, -0.2) is 0 Å². The molecular formula is C18H27N3O3. The van der Waals surface area contributed by atoms with Gasteiger partial charge < -0.3 is 15.4 Å². The maximum Gasteiger partial charge on any atom is 0.231 e. The van der Waals surface area contributed by atoms with Crippen LogP contribution in [0.15, 0.2) is 30.3 Å². The van der Waals surface area contributed by atoms with Crippen LogP contribution >= 0.6 is 0 Å². The fourth-order valence-corrected chi connectivity index (χ4v) is 2.80. The van der Waals surface area contributed by atoms with E-state index in [-0.39, 0.29) is 18.4 Å². The summed E-state index contributed by atoms with van der Waals surface area (Å²) >= 11 is 0. The third-order valence-corrected chi connectivity index (χ3v) is 4.16. The van der Waals surface area contributed by atoms with E-state index in [4.69, 9.17) is 10.5 Å². The number of hydrogen-bond donors (Lipinski definition) is 1. The molecule has 24 heavy (non-hydrogen) atoms. The first-order chi connectivity index (χ1) is 11.6. The Morgan fingerprint density at radius 3 is 2.42 bits per heavy atom. The Morgan fingerprint density at radius 2 is 1.75 bits per heavy atom. The lowest BCUT2D eigenvalue weighted by atomic mass is 10.2. The highest BCUT2D eigenvalue weighted by Crippen LogP contribution is 2.05. The fourth-order valence-electron chi connectivity index (χ4n) is 2.80. The van der Waals surface area contributed by atoms with E-state index in [0.29, 0.717) is 45.8 Å². The highest BCUT2D eigenvalue weighted by Gasteiger charge is 2.21. The van der Waals surface area contributed by atoms with Crippen LogP contribution in [0.3, 0.4) is 0 Å². The number of primary amides is 1. The molecule has 6 nitrogen and oxygen atoms in total. The van der Waals surface area contributed by atoms with Crippen molar-refractivity contribution in [1.29, 1.82) is 0 Å². The number of carbonyl (C=O) groups is 2. The Balaban J connectivity index is 1.52. The van der Waals surface area contributed by atoms with Gasteiger partial charge >= 0.3 is 0 Å². The van der Waals surface area contributed by atoms with Crippen LogP contribution in [0.2, 0.25) is 0 Å². The van der Waals surface area contributed by atoms with Crippen molar-refractivity contribution in [2.45, 2.75) is 19.3 Å². The highest BCUT2D eigenvalue weighted by molar-refractivity contribution is 5.77. The molecule has 2 amide bonds. The zero-order valence-corrected chi connectivity index (χ0v) is 14.2. The number of hydrogen-bond acceptors (Lipinski definition) is 4. The first-order valence-electron chi connectivity index (χ1n) is 8.55. The molecule has 2 N–H and O–H groups in total. The molecule has 0 unspecified atom stereocenters. The van der Waals surface area contributed by atoms with Gasteiger partial charge in [-0.2, -0.15) is 0 Å². The fraction of sp³-hybridized carbons (Fsp3) is 0.556. The summed E-state index contributed by atoms with van der Waals surface area (Å²) in [5, 5.41) is 0. The van der Waals surface area contributed by atoms with Crippen LogP contribution in [0.5, 0.6) is 0 Å². The van der Waals surface area contributed by atoms with E-state index in [0.717, 1.165) is 12.8 Å². The zero-order valence-electron chi connectivity index (χ0n) is 14.2. The Labute approximate surface area is 143 Å². The molecule has 1 saturated heterocycles. The molecule has 1 aromatic carbocycles. The first-order valence-corrected chi connectivity index (χ1v) is 8.55. The molecule has 132 valence electrons. The quantitative estimate of drug-likeness (QED) is 0.674. The van der Waals surface area contributed by atoms with Gasteiger partial charge in [-0.3, -0.25) is 14.5 Å². The molecule has 0 atom stereocenters. The Morgan fingerprint density at radius 1 is 1.04 bits per heavy atom. The van der Waals surface area contributed by atoms with E-state index in [2.05, 4.69) is 12.1 Å². The second kappa shape index (κ2) is 10.1. The Kier molecular flexibility index (Phi) is 7.71. The number of piperazine rings is 1. The van der Waals surface area contributed by atoms with Gasteiger partial charge in [0.25, 0.3) is 0 Å². The van der Waals surface area contributed by atoms with E-state index in [1.807, 2.05) is 28.0 Å². The van der Waals surface area contributed by atoms with Crippen molar-refractivity contribution >= 4 is 11.8 Å². The van der Waals surface area contributed by atoms with Crippen molar-refractivity contribution in [3.8, 4) is 0 Å². The Bertz CT molecular complexity index is 514. The molecule has 0 spiro atoms. The number of ether oxygens (including phenoxy) is 1. The summed E-state index contributed by atoms with van der Waals surface area (Å²) in [6.45, 7) is 4.33. The van der Waals surface area contributed by atoms with Crippen LogP contribution in [0, 0.1) is 0 Å². The third kappa shape index (κ3) is 6.68. The van der Waals surface area contributed by atoms with Crippen molar-refractivity contribution in [3.05, 3.63) is 35.9 Å². The summed E-state index contributed by atoms with van der Waals surface area (Å²) in [4.78, 5) is 26.9. The predicted molar refractivity (Wildman–Crippen MR) is 92.4 cm³/mol. The molecule has 1 aromatic rings. The van der Waals surface area contributed by atoms with E-state index in [1.165, 1.54) is 5.56 Å². The molecule has 2 rings (SSSR count). The summed E-state index contributed by atoms with van der Waals surface area (Å²) < 4.78 is 5.61. The van der Waals surface area contributed by atoms with Gasteiger partial charge in [-0.05, 0) is 18.4 Å². The summed E-state index contributed by atoms with van der Waals surface area (Å²) in [6, 6.07) is 10.2. The van der Waals surface area contributed by atoms with Crippen molar-refractivity contribution in [2.75, 3.05) is 45.9 Å². The Hall–Kier alpha value is -1.92. The van der Waals surface area contributed by atoms with Crippen molar-refractivity contribution in [1.82, 2.24) is 9.80 Å². The van der Waals surface area contributed by atoms with Crippen LogP contribution in [0.4, 0.5) is 0 Å². The molecule has 0 radical (unpaired) electrons. The number of carbonyl (C=O) groups excluding carboxylic acids is 2. The summed E-state index contributed by atoms with van der Waals surface area (Å²) in [5.74, 6) is -0.150. The van der Waals surface area contributed by atoms with Gasteiger partial charge in [0.2, 0.25) is 11.8 Å². The van der Waals surface area contributed by atoms with E-state index in [9.17, 15) is 9.59 Å². The predicted octanol–water partition coefficient (Wildman–Crippen LogP) is 0.655. The third-order valence-electron chi connectivity index (χ3n) is 4.16. The molecule has 0 saturated carbocycles. The second-order valence-electron chi connectivity index (χ2n) is 6.07. The molecule has 6 heteroatoms. The smallest absolute Gasteiger partial charge is 0.231 e. The maximum absolute atomic E-state index is 12.1. The lowest BCUT2D eigenvalue weighted by molar-refractivity contribution is -0.133. The largest absolute Gasteiger partial charge is 0.381 e. The minimum absolute atomic E-state index is 0.167. The summed E-state index contributed by atoms with van der Waals surface area (Å²) in [7, 11) is 0. The van der Waals surface area contributed by atoms with Crippen molar-refractivity contribution < 1.29 is 14.3 Å². The normalized spacial score (nSPS) is 15.4. The topological polar surface area (TPSA) is 75.9 Å². The molecule has 0 aliphatic carbocycles. The second-order valence-corrected chi connectivity index (χ2v) is 6.07. The number of rotatable bonds is 9. The van der Waals surface area contributed by atoms with E-state index >= 15 is 0 Å². The lowest BCUT2D eigenvalue weighted by Crippen LogP contribution is -2.50. The molecule has 1 fully saturated rings. The van der Waals surface area contributed by atoms with Gasteiger partial charge in [0.1, 0.15) is 0 Å². The molecule has 0 aromatic heterocycles.